The van der Waals surface area contributed by atoms with Gasteiger partial charge in [-0.05, 0) is 32.9 Å². The standard InChI is InChI=1S/C16H26N2O2/c1-4-7-17-13(3)15-6-5-14(10-16(15)19)18-8-9-20-11-12(18)2/h5-6,10,12-13,17,19H,4,7-9,11H2,1-3H3. The van der Waals surface area contributed by atoms with Crippen LogP contribution in [0.15, 0.2) is 18.2 Å². The van der Waals surface area contributed by atoms with Gasteiger partial charge >= 0.3 is 0 Å². The number of hydrogen-bond acceptors (Lipinski definition) is 4. The second-order valence-corrected chi connectivity index (χ2v) is 5.54. The number of morpholine rings is 1. The zero-order valence-corrected chi connectivity index (χ0v) is 12.7. The molecular formula is C16H26N2O2. The minimum atomic E-state index is 0.172. The van der Waals surface area contributed by atoms with E-state index in [1.165, 1.54) is 0 Å². The molecule has 1 aliphatic rings. The van der Waals surface area contributed by atoms with Crippen molar-refractivity contribution in [1.82, 2.24) is 5.32 Å². The fraction of sp³-hybridized carbons (Fsp3) is 0.625. The van der Waals surface area contributed by atoms with E-state index in [1.54, 1.807) is 0 Å². The van der Waals surface area contributed by atoms with Gasteiger partial charge in [0.15, 0.2) is 0 Å². The molecule has 1 aliphatic heterocycles. The number of aromatic hydroxyl groups is 1. The van der Waals surface area contributed by atoms with Gasteiger partial charge in [-0.15, -0.1) is 0 Å². The van der Waals surface area contributed by atoms with E-state index in [-0.39, 0.29) is 6.04 Å². The number of phenols is 1. The molecule has 4 heteroatoms. The normalized spacial score (nSPS) is 20.9. The maximum Gasteiger partial charge on any atom is 0.122 e. The second-order valence-electron chi connectivity index (χ2n) is 5.54. The summed E-state index contributed by atoms with van der Waals surface area (Å²) in [5.41, 5.74) is 2.04. The number of phenolic OH excluding ortho intramolecular Hbond substituents is 1. The number of ether oxygens (including phenoxy) is 1. The van der Waals surface area contributed by atoms with Crippen molar-refractivity contribution in [3.8, 4) is 5.75 Å². The molecule has 2 rings (SSSR count). The number of hydrogen-bond donors (Lipinski definition) is 2. The third kappa shape index (κ3) is 3.44. The highest BCUT2D eigenvalue weighted by molar-refractivity contribution is 5.55. The molecule has 1 aromatic carbocycles. The van der Waals surface area contributed by atoms with E-state index in [4.69, 9.17) is 4.74 Å². The van der Waals surface area contributed by atoms with Crippen LogP contribution in [0.25, 0.3) is 0 Å². The van der Waals surface area contributed by atoms with E-state index in [0.29, 0.717) is 11.8 Å². The molecule has 0 saturated carbocycles. The summed E-state index contributed by atoms with van der Waals surface area (Å²) in [7, 11) is 0. The van der Waals surface area contributed by atoms with Crippen LogP contribution >= 0.6 is 0 Å². The number of nitrogens with zero attached hydrogens (tertiary/aromatic N) is 1. The first kappa shape index (κ1) is 15.1. The molecule has 2 unspecified atom stereocenters. The Balaban J connectivity index is 2.12. The Bertz CT molecular complexity index is 436. The molecular weight excluding hydrogens is 252 g/mol. The van der Waals surface area contributed by atoms with Crippen LogP contribution in [-0.2, 0) is 4.74 Å². The lowest BCUT2D eigenvalue weighted by atomic mass is 10.1. The highest BCUT2D eigenvalue weighted by Crippen LogP contribution is 2.30. The molecule has 0 aliphatic carbocycles. The van der Waals surface area contributed by atoms with Gasteiger partial charge < -0.3 is 20.1 Å². The van der Waals surface area contributed by atoms with Crippen molar-refractivity contribution >= 4 is 5.69 Å². The van der Waals surface area contributed by atoms with Gasteiger partial charge in [0.1, 0.15) is 5.75 Å². The summed E-state index contributed by atoms with van der Waals surface area (Å²) in [4.78, 5) is 2.29. The van der Waals surface area contributed by atoms with E-state index in [1.807, 2.05) is 12.1 Å². The van der Waals surface area contributed by atoms with Crippen molar-refractivity contribution in [1.29, 1.82) is 0 Å². The van der Waals surface area contributed by atoms with Crippen molar-refractivity contribution in [3.63, 3.8) is 0 Å². The van der Waals surface area contributed by atoms with Crippen LogP contribution in [0.5, 0.6) is 5.75 Å². The van der Waals surface area contributed by atoms with Crippen LogP contribution in [0, 0.1) is 0 Å². The van der Waals surface area contributed by atoms with Crippen molar-refractivity contribution in [2.75, 3.05) is 31.2 Å². The predicted octanol–water partition coefficient (Wildman–Crippen LogP) is 2.68. The molecule has 1 heterocycles. The van der Waals surface area contributed by atoms with Crippen LogP contribution in [0.2, 0.25) is 0 Å². The van der Waals surface area contributed by atoms with Gasteiger partial charge in [-0.25, -0.2) is 0 Å². The summed E-state index contributed by atoms with van der Waals surface area (Å²) in [5.74, 6) is 0.372. The molecule has 1 saturated heterocycles. The van der Waals surface area contributed by atoms with Gasteiger partial charge in [0.2, 0.25) is 0 Å². The van der Waals surface area contributed by atoms with E-state index in [9.17, 15) is 5.11 Å². The summed E-state index contributed by atoms with van der Waals surface area (Å²) >= 11 is 0. The molecule has 0 amide bonds. The van der Waals surface area contributed by atoms with E-state index in [2.05, 4.69) is 37.1 Å². The number of benzene rings is 1. The molecule has 0 spiro atoms. The number of anilines is 1. The topological polar surface area (TPSA) is 44.7 Å². The molecule has 20 heavy (non-hydrogen) atoms. The van der Waals surface area contributed by atoms with E-state index >= 15 is 0 Å². The first-order chi connectivity index (χ1) is 9.63. The lowest BCUT2D eigenvalue weighted by Crippen LogP contribution is -2.43. The fourth-order valence-corrected chi connectivity index (χ4v) is 2.66. The zero-order chi connectivity index (χ0) is 14.5. The summed E-state index contributed by atoms with van der Waals surface area (Å²) in [5, 5.41) is 13.7. The molecule has 112 valence electrons. The summed E-state index contributed by atoms with van der Waals surface area (Å²) in [6.07, 6.45) is 1.09. The predicted molar refractivity (Wildman–Crippen MR) is 82.4 cm³/mol. The van der Waals surface area contributed by atoms with Crippen molar-refractivity contribution in [3.05, 3.63) is 23.8 Å². The highest BCUT2D eigenvalue weighted by Gasteiger charge is 2.20. The zero-order valence-electron chi connectivity index (χ0n) is 12.7. The summed E-state index contributed by atoms with van der Waals surface area (Å²) in [6, 6.07) is 6.53. The van der Waals surface area contributed by atoms with Crippen LogP contribution in [0.4, 0.5) is 5.69 Å². The first-order valence-corrected chi connectivity index (χ1v) is 7.54. The SMILES string of the molecule is CCCNC(C)c1ccc(N2CCOCC2C)cc1O. The quantitative estimate of drug-likeness (QED) is 0.869. The number of nitrogens with one attached hydrogen (secondary N) is 1. The Morgan fingerprint density at radius 2 is 2.30 bits per heavy atom. The Kier molecular flexibility index (Phi) is 5.26. The lowest BCUT2D eigenvalue weighted by Gasteiger charge is -2.35. The van der Waals surface area contributed by atoms with E-state index in [0.717, 1.165) is 44.0 Å². The van der Waals surface area contributed by atoms with Gasteiger partial charge in [0.05, 0.1) is 13.2 Å². The molecule has 4 nitrogen and oxygen atoms in total. The minimum absolute atomic E-state index is 0.172. The van der Waals surface area contributed by atoms with Crippen molar-refractivity contribution < 1.29 is 9.84 Å². The first-order valence-electron chi connectivity index (χ1n) is 7.54. The minimum Gasteiger partial charge on any atom is -0.508 e. The average molecular weight is 278 g/mol. The van der Waals surface area contributed by atoms with Gasteiger partial charge in [-0.1, -0.05) is 13.0 Å². The summed E-state index contributed by atoms with van der Waals surface area (Å²) < 4.78 is 5.46. The van der Waals surface area contributed by atoms with Crippen molar-refractivity contribution in [2.45, 2.75) is 39.3 Å². The molecule has 0 bridgehead atoms. The smallest absolute Gasteiger partial charge is 0.122 e. The van der Waals surface area contributed by atoms with Crippen LogP contribution < -0.4 is 10.2 Å². The third-order valence-electron chi connectivity index (χ3n) is 3.88. The maximum absolute atomic E-state index is 10.3. The van der Waals surface area contributed by atoms with Gasteiger partial charge in [0, 0.05) is 35.9 Å². The van der Waals surface area contributed by atoms with Crippen molar-refractivity contribution in [2.24, 2.45) is 0 Å². The fourth-order valence-electron chi connectivity index (χ4n) is 2.66. The van der Waals surface area contributed by atoms with Crippen LogP contribution in [-0.4, -0.2) is 37.5 Å². The molecule has 1 aromatic rings. The Labute approximate surface area is 121 Å². The third-order valence-corrected chi connectivity index (χ3v) is 3.88. The highest BCUT2D eigenvalue weighted by atomic mass is 16.5. The monoisotopic (exact) mass is 278 g/mol. The maximum atomic E-state index is 10.3. The van der Waals surface area contributed by atoms with Gasteiger partial charge in [-0.2, -0.15) is 0 Å². The second kappa shape index (κ2) is 6.95. The van der Waals surface area contributed by atoms with Gasteiger partial charge in [0.25, 0.3) is 0 Å². The van der Waals surface area contributed by atoms with Gasteiger partial charge in [-0.3, -0.25) is 0 Å². The molecule has 0 aromatic heterocycles. The summed E-state index contributed by atoms with van der Waals surface area (Å²) in [6.45, 7) is 9.71. The largest absolute Gasteiger partial charge is 0.508 e. The van der Waals surface area contributed by atoms with E-state index < -0.39 is 0 Å². The van der Waals surface area contributed by atoms with Crippen LogP contribution in [0.1, 0.15) is 38.8 Å². The Hall–Kier alpha value is -1.26. The molecule has 2 atom stereocenters. The van der Waals surface area contributed by atoms with Crippen LogP contribution in [0.3, 0.4) is 0 Å². The lowest BCUT2D eigenvalue weighted by molar-refractivity contribution is 0.0989. The molecule has 0 radical (unpaired) electrons. The molecule has 1 fully saturated rings. The molecule has 2 N–H and O–H groups in total. The Morgan fingerprint density at radius 3 is 2.95 bits per heavy atom. The average Bonchev–Trinajstić information content (AvgIpc) is 2.45. The Morgan fingerprint density at radius 1 is 1.50 bits per heavy atom. The number of rotatable bonds is 5.